The smallest absolute Gasteiger partial charge is 0.137 e. The number of furan rings is 1. The summed E-state index contributed by atoms with van der Waals surface area (Å²) in [5.41, 5.74) is 30.3. The molecule has 6 nitrogen and oxygen atoms in total. The lowest BCUT2D eigenvalue weighted by Gasteiger charge is -2.26. The Hall–Kier alpha value is -16.8. The summed E-state index contributed by atoms with van der Waals surface area (Å²) >= 11 is 0. The summed E-state index contributed by atoms with van der Waals surface area (Å²) in [4.78, 5) is 15.8. The number of aromatic nitrogens is 2. The topological polar surface area (TPSA) is 48.6 Å². The van der Waals surface area contributed by atoms with Crippen LogP contribution in [0.25, 0.3) is 154 Å². The van der Waals surface area contributed by atoms with E-state index in [1.54, 1.807) is 12.4 Å². The molecule has 0 atom stereocenters. The number of benzene rings is 21. The number of hydrogen-bond donors (Lipinski definition) is 0. The molecule has 0 unspecified atom stereocenters. The zero-order valence-electron chi connectivity index (χ0n) is 69.1. The van der Waals surface area contributed by atoms with E-state index in [9.17, 15) is 0 Å². The van der Waals surface area contributed by atoms with E-state index in [2.05, 4.69) is 480 Å². The second-order valence-corrected chi connectivity index (χ2v) is 31.7. The van der Waals surface area contributed by atoms with Gasteiger partial charge in [-0.25, -0.2) is 0 Å². The van der Waals surface area contributed by atoms with Crippen molar-refractivity contribution in [2.24, 2.45) is 0 Å². The van der Waals surface area contributed by atoms with E-state index in [1.165, 1.54) is 110 Å². The van der Waals surface area contributed by atoms with Gasteiger partial charge in [0.1, 0.15) is 11.2 Å². The number of rotatable bonds is 16. The van der Waals surface area contributed by atoms with Gasteiger partial charge in [0, 0.05) is 80.4 Å². The maximum Gasteiger partial charge on any atom is 0.137 e. The van der Waals surface area contributed by atoms with Crippen molar-refractivity contribution in [3.05, 3.63) is 504 Å². The van der Waals surface area contributed by atoms with Crippen LogP contribution in [-0.4, -0.2) is 9.97 Å². The molecule has 0 aliphatic carbocycles. The average molecular weight is 1610 g/mol. The molecule has 2 aromatic heterocycles. The van der Waals surface area contributed by atoms with Crippen molar-refractivity contribution in [1.29, 1.82) is 0 Å². The minimum atomic E-state index is 0.891. The van der Waals surface area contributed by atoms with Gasteiger partial charge in [-0.1, -0.05) is 334 Å². The Morgan fingerprint density at radius 1 is 0.143 bits per heavy atom. The van der Waals surface area contributed by atoms with E-state index >= 15 is 0 Å². The summed E-state index contributed by atoms with van der Waals surface area (Å²) in [6.45, 7) is 0. The molecule has 0 amide bonds. The molecule has 0 aliphatic heterocycles. The largest absolute Gasteiger partial charge is 0.456 e. The molecule has 0 radical (unpaired) electrons. The molecule has 126 heavy (non-hydrogen) atoms. The second-order valence-electron chi connectivity index (χ2n) is 31.7. The van der Waals surface area contributed by atoms with E-state index in [1.807, 2.05) is 36.4 Å². The van der Waals surface area contributed by atoms with Crippen molar-refractivity contribution < 1.29 is 4.42 Å². The Balaban J connectivity index is 0.000000117. The SMILES string of the molecule is c1ccc(-c2ccc(N(c3ccc(-c4ccccc4)cc3)c3ccc(-c4ccc5nccnc5c4)cc3)cc2)cc1.c1ccc(N(c2ccc(-c3ccc4ccccc4c3)cc2)c2ccc3c(c2)oc2ccccc23)cc1.c1ccc2cc(-c3ccc(N(c4ccc(-c5ccc6ccccc6c5)cc4)c4ccc(-c5ccc6ccccc6c5)cc4)cc3)ccc2c1. The van der Waals surface area contributed by atoms with E-state index in [0.717, 1.165) is 95.3 Å². The first-order chi connectivity index (χ1) is 62.4. The Morgan fingerprint density at radius 3 is 0.738 bits per heavy atom. The van der Waals surface area contributed by atoms with Gasteiger partial charge in [-0.05, 0) is 273 Å². The Labute approximate surface area is 733 Å². The number of hydrogen-bond acceptors (Lipinski definition) is 6. The first-order valence-electron chi connectivity index (χ1n) is 42.8. The minimum absolute atomic E-state index is 0.891. The van der Waals surface area contributed by atoms with Crippen LogP contribution in [0.4, 0.5) is 51.2 Å². The molecule has 21 aromatic carbocycles. The van der Waals surface area contributed by atoms with E-state index in [0.29, 0.717) is 0 Å². The first-order valence-corrected chi connectivity index (χ1v) is 42.8. The zero-order valence-corrected chi connectivity index (χ0v) is 69.1. The van der Waals surface area contributed by atoms with E-state index in [4.69, 9.17) is 4.42 Å². The van der Waals surface area contributed by atoms with Gasteiger partial charge in [-0.15, -0.1) is 0 Å². The summed E-state index contributed by atoms with van der Waals surface area (Å²) < 4.78 is 6.20. The highest BCUT2D eigenvalue weighted by atomic mass is 16.3. The number of anilines is 9. The van der Waals surface area contributed by atoms with Gasteiger partial charge in [0.25, 0.3) is 0 Å². The van der Waals surface area contributed by atoms with Crippen molar-refractivity contribution in [1.82, 2.24) is 9.97 Å². The lowest BCUT2D eigenvalue weighted by Crippen LogP contribution is -2.09. The van der Waals surface area contributed by atoms with Crippen LogP contribution in [0, 0.1) is 0 Å². The lowest BCUT2D eigenvalue weighted by molar-refractivity contribution is 0.669. The molecule has 0 N–H and O–H groups in total. The molecular formula is C120H83N5O. The van der Waals surface area contributed by atoms with Crippen LogP contribution in [0.3, 0.4) is 0 Å². The monoisotopic (exact) mass is 1610 g/mol. The van der Waals surface area contributed by atoms with Crippen molar-refractivity contribution in [2.45, 2.75) is 0 Å². The average Bonchev–Trinajstić information content (AvgIpc) is 1.58. The molecule has 0 spiro atoms. The van der Waals surface area contributed by atoms with Crippen LogP contribution in [0.5, 0.6) is 0 Å². The molecule has 6 heteroatoms. The molecule has 2 heterocycles. The fourth-order valence-corrected chi connectivity index (χ4v) is 17.3. The van der Waals surface area contributed by atoms with Gasteiger partial charge in [-0.2, -0.15) is 0 Å². The van der Waals surface area contributed by atoms with Crippen molar-refractivity contribution >= 4 is 127 Å². The summed E-state index contributed by atoms with van der Waals surface area (Å²) in [6, 6.07) is 175. The van der Waals surface area contributed by atoms with Crippen LogP contribution in [0.1, 0.15) is 0 Å². The number of fused-ring (bicyclic) bond motifs is 8. The van der Waals surface area contributed by atoms with Crippen LogP contribution < -0.4 is 14.7 Å². The third-order valence-corrected chi connectivity index (χ3v) is 23.9. The fraction of sp³-hybridized carbons (Fsp3) is 0. The molecule has 0 saturated heterocycles. The number of nitrogens with zero attached hydrogens (tertiary/aromatic N) is 5. The summed E-state index contributed by atoms with van der Waals surface area (Å²) in [7, 11) is 0. The molecule has 23 rings (SSSR count). The third kappa shape index (κ3) is 16.2. The van der Waals surface area contributed by atoms with Gasteiger partial charge >= 0.3 is 0 Å². The van der Waals surface area contributed by atoms with Crippen LogP contribution in [0.15, 0.2) is 508 Å². The maximum absolute atomic E-state index is 6.20. The first kappa shape index (κ1) is 76.6. The predicted octanol–water partition coefficient (Wildman–Crippen LogP) is 33.6. The van der Waals surface area contributed by atoms with Crippen molar-refractivity contribution in [3.8, 4) is 77.9 Å². The third-order valence-electron chi connectivity index (χ3n) is 23.9. The molecule has 594 valence electrons. The maximum atomic E-state index is 6.20. The van der Waals surface area contributed by atoms with Gasteiger partial charge in [0.2, 0.25) is 0 Å². The van der Waals surface area contributed by atoms with E-state index in [-0.39, 0.29) is 0 Å². The summed E-state index contributed by atoms with van der Waals surface area (Å²) in [5.74, 6) is 0. The lowest BCUT2D eigenvalue weighted by atomic mass is 9.99. The molecular weight excluding hydrogens is 1530 g/mol. The van der Waals surface area contributed by atoms with Crippen LogP contribution in [-0.2, 0) is 0 Å². The standard InChI is InChI=1S/C48H33N.C38H27N3.C34H23NO/c1-4-10-40-31-43(16-13-34(40)7-1)37-19-25-46(26-20-37)49(47-27-21-38(22-28-47)44-17-14-35-8-2-5-11-41(35)32-44)48-29-23-39(24-30-48)45-18-15-36-9-3-6-12-42(36)33-45;1-3-7-28(8-4-1)30-11-18-34(19-12-30)41(35-20-13-31(14-21-35)29-9-5-2-6-10-29)36-22-15-32(16-23-36)33-17-24-37-38(27-33)40-26-25-39-37;1-2-10-28(11-3-1)35(30-20-21-32-31-12-6-7-13-33(31)36-34(32)23-30)29-18-16-25(17-19-29)27-15-14-24-8-4-5-9-26(24)22-27/h1-33H;1-27H;1-23H. The van der Waals surface area contributed by atoms with Crippen LogP contribution in [0.2, 0.25) is 0 Å². The molecule has 0 saturated carbocycles. The highest BCUT2D eigenvalue weighted by Gasteiger charge is 2.20. The predicted molar refractivity (Wildman–Crippen MR) is 532 cm³/mol. The van der Waals surface area contributed by atoms with E-state index < -0.39 is 0 Å². The Kier molecular flexibility index (Phi) is 21.1. The fourth-order valence-electron chi connectivity index (χ4n) is 17.3. The molecule has 0 aliphatic rings. The van der Waals surface area contributed by atoms with Crippen LogP contribution >= 0.6 is 0 Å². The number of para-hydroxylation sites is 2. The van der Waals surface area contributed by atoms with Gasteiger partial charge in [0.05, 0.1) is 11.0 Å². The molecule has 0 fully saturated rings. The summed E-state index contributed by atoms with van der Waals surface area (Å²) in [6.07, 6.45) is 3.46. The minimum Gasteiger partial charge on any atom is -0.456 e. The van der Waals surface area contributed by atoms with Gasteiger partial charge < -0.3 is 19.1 Å². The van der Waals surface area contributed by atoms with Crippen molar-refractivity contribution in [2.75, 3.05) is 14.7 Å². The zero-order chi connectivity index (χ0) is 83.9. The second kappa shape index (κ2) is 34.7. The molecule has 23 aromatic rings. The highest BCUT2D eigenvalue weighted by molar-refractivity contribution is 6.06. The quantitative estimate of drug-likeness (QED) is 0.0961. The molecule has 0 bridgehead atoms. The van der Waals surface area contributed by atoms with Crippen molar-refractivity contribution in [3.63, 3.8) is 0 Å². The Bertz CT molecular complexity index is 7400. The highest BCUT2D eigenvalue weighted by Crippen LogP contribution is 2.44. The normalized spacial score (nSPS) is 11.2. The summed E-state index contributed by atoms with van der Waals surface area (Å²) in [5, 5.41) is 12.3. The van der Waals surface area contributed by atoms with Gasteiger partial charge in [-0.3, -0.25) is 9.97 Å². The van der Waals surface area contributed by atoms with Gasteiger partial charge in [0.15, 0.2) is 0 Å². The Morgan fingerprint density at radius 2 is 0.381 bits per heavy atom.